The molecule has 4 aromatic heterocycles. The summed E-state index contributed by atoms with van der Waals surface area (Å²) in [5.41, 5.74) is 1.74. The van der Waals surface area contributed by atoms with Crippen LogP contribution in [0.25, 0.3) is 16.7 Å². The highest BCUT2D eigenvalue weighted by molar-refractivity contribution is 6.32. The molecule has 2 aliphatic heterocycles. The third kappa shape index (κ3) is 5.79. The molecule has 0 radical (unpaired) electrons. The Morgan fingerprint density at radius 3 is 2.96 bits per heavy atom. The van der Waals surface area contributed by atoms with E-state index < -0.39 is 5.82 Å². The SMILES string of the molecule is CN(C)C/C=C/C(=O)N1CCN2C[C@H]1COc1cc3ncnc(Nc4cc(Cl)c(Oc5ccn6ccnc6c5)cc4F)c3nc12. The molecular weight excluding hydrogens is 601 g/mol. The van der Waals surface area contributed by atoms with Crippen LogP contribution < -0.4 is 19.7 Å². The van der Waals surface area contributed by atoms with Gasteiger partial charge in [0.15, 0.2) is 17.4 Å². The van der Waals surface area contributed by atoms with Crippen LogP contribution in [0, 0.1) is 5.82 Å². The van der Waals surface area contributed by atoms with Crippen molar-refractivity contribution in [1.82, 2.24) is 34.1 Å². The van der Waals surface area contributed by atoms with Crippen molar-refractivity contribution in [2.75, 3.05) is 57.1 Å². The summed E-state index contributed by atoms with van der Waals surface area (Å²) in [6.07, 6.45) is 10.1. The number of fused-ring (bicyclic) bond motifs is 6. The molecule has 12 nitrogen and oxygen atoms in total. The third-order valence-electron chi connectivity index (χ3n) is 7.66. The minimum Gasteiger partial charge on any atom is -0.487 e. The zero-order valence-corrected chi connectivity index (χ0v) is 25.3. The van der Waals surface area contributed by atoms with Gasteiger partial charge in [0, 0.05) is 69.0 Å². The van der Waals surface area contributed by atoms with Crippen molar-refractivity contribution >= 4 is 51.5 Å². The lowest BCUT2D eigenvalue weighted by Crippen LogP contribution is -2.56. The van der Waals surface area contributed by atoms with Gasteiger partial charge in [-0.25, -0.2) is 24.3 Å². The molecule has 0 spiro atoms. The maximum atomic E-state index is 15.4. The summed E-state index contributed by atoms with van der Waals surface area (Å²) < 4.78 is 29.2. The molecule has 1 N–H and O–H groups in total. The van der Waals surface area contributed by atoms with Crippen molar-refractivity contribution in [2.24, 2.45) is 0 Å². The summed E-state index contributed by atoms with van der Waals surface area (Å²) >= 11 is 6.52. The second kappa shape index (κ2) is 11.8. The molecule has 0 aliphatic carbocycles. The highest BCUT2D eigenvalue weighted by atomic mass is 35.5. The van der Waals surface area contributed by atoms with Crippen molar-refractivity contribution in [2.45, 2.75) is 6.04 Å². The molecule has 6 heterocycles. The van der Waals surface area contributed by atoms with Crippen LogP contribution in [-0.2, 0) is 4.79 Å². The van der Waals surface area contributed by atoms with E-state index in [0.29, 0.717) is 72.6 Å². The van der Waals surface area contributed by atoms with Crippen LogP contribution in [0.15, 0.2) is 67.4 Å². The van der Waals surface area contributed by atoms with E-state index >= 15 is 4.39 Å². The summed E-state index contributed by atoms with van der Waals surface area (Å²) in [5, 5.41) is 3.23. The van der Waals surface area contributed by atoms with E-state index in [1.807, 2.05) is 40.6 Å². The van der Waals surface area contributed by atoms with E-state index in [4.69, 9.17) is 26.1 Å². The fraction of sp³-hybridized carbons (Fsp3) is 0.258. The molecule has 0 unspecified atom stereocenters. The van der Waals surface area contributed by atoms with Crippen molar-refractivity contribution in [3.05, 3.63) is 78.2 Å². The molecule has 45 heavy (non-hydrogen) atoms. The maximum Gasteiger partial charge on any atom is 0.246 e. The lowest BCUT2D eigenvalue weighted by atomic mass is 10.1. The molecule has 1 saturated heterocycles. The van der Waals surface area contributed by atoms with Gasteiger partial charge >= 0.3 is 0 Å². The summed E-state index contributed by atoms with van der Waals surface area (Å²) in [6, 6.07) is 7.78. The third-order valence-corrected chi connectivity index (χ3v) is 7.95. The van der Waals surface area contributed by atoms with Crippen LogP contribution in [0.4, 0.5) is 21.7 Å². The second-order valence-corrected chi connectivity index (χ2v) is 11.5. The highest BCUT2D eigenvalue weighted by Crippen LogP contribution is 2.38. The predicted molar refractivity (Wildman–Crippen MR) is 168 cm³/mol. The van der Waals surface area contributed by atoms with Crippen LogP contribution in [0.1, 0.15) is 0 Å². The van der Waals surface area contributed by atoms with Crippen molar-refractivity contribution in [3.8, 4) is 17.2 Å². The van der Waals surface area contributed by atoms with Gasteiger partial charge in [-0.1, -0.05) is 17.7 Å². The fourth-order valence-electron chi connectivity index (χ4n) is 5.42. The molecule has 1 amide bonds. The largest absolute Gasteiger partial charge is 0.487 e. The van der Waals surface area contributed by atoms with Crippen LogP contribution in [0.3, 0.4) is 0 Å². The standard InChI is InChI=1S/C31H29ClFN9O3/c1-39(2)7-3-4-28(43)42-11-10-41-16-19(42)17-44-26-15-24-29(38-31(26)41)30(36-18-35-24)37-23-13-21(32)25(14-22(23)33)45-20-5-8-40-9-6-34-27(40)12-20/h3-6,8-9,12-15,18-19H,7,10-11,16-17H2,1-2H3,(H,35,36,37)/b4-3+/t19-/m0/s1. The summed E-state index contributed by atoms with van der Waals surface area (Å²) in [6.45, 7) is 2.68. The van der Waals surface area contributed by atoms with Gasteiger partial charge in [-0.2, -0.15) is 0 Å². The van der Waals surface area contributed by atoms with E-state index in [0.717, 1.165) is 0 Å². The van der Waals surface area contributed by atoms with Crippen LogP contribution in [-0.4, -0.2) is 93.0 Å². The smallest absolute Gasteiger partial charge is 0.246 e. The first-order valence-corrected chi connectivity index (χ1v) is 14.7. The van der Waals surface area contributed by atoms with Gasteiger partial charge < -0.3 is 33.9 Å². The molecule has 7 rings (SSSR count). The Labute approximate surface area is 262 Å². The second-order valence-electron chi connectivity index (χ2n) is 11.1. The molecule has 1 atom stereocenters. The zero-order valence-electron chi connectivity index (χ0n) is 24.5. The first-order chi connectivity index (χ1) is 21.8. The zero-order chi connectivity index (χ0) is 31.1. The highest BCUT2D eigenvalue weighted by Gasteiger charge is 2.35. The lowest BCUT2D eigenvalue weighted by Gasteiger charge is -2.39. The number of nitrogens with zero attached hydrogens (tertiary/aromatic N) is 8. The van der Waals surface area contributed by atoms with Gasteiger partial charge in [0.05, 0.1) is 22.3 Å². The molecule has 14 heteroatoms. The predicted octanol–water partition coefficient (Wildman–Crippen LogP) is 4.53. The minimum absolute atomic E-state index is 0.0391. The average molecular weight is 630 g/mol. The van der Waals surface area contributed by atoms with Gasteiger partial charge in [0.1, 0.15) is 41.4 Å². The molecular formula is C31H29ClFN9O3. The normalized spacial score (nSPS) is 16.2. The Balaban J connectivity index is 1.12. The first-order valence-electron chi connectivity index (χ1n) is 14.3. The summed E-state index contributed by atoms with van der Waals surface area (Å²) in [5.74, 6) is 1.48. The maximum absolute atomic E-state index is 15.4. The number of nitrogens with one attached hydrogen (secondary N) is 1. The molecule has 230 valence electrons. The Kier molecular flexibility index (Phi) is 7.55. The molecule has 1 aromatic carbocycles. The molecule has 5 aromatic rings. The Hall–Kier alpha value is -5.01. The number of piperazine rings is 1. The molecule has 2 bridgehead atoms. The van der Waals surface area contributed by atoms with E-state index in [1.165, 1.54) is 18.5 Å². The van der Waals surface area contributed by atoms with E-state index in [9.17, 15) is 4.79 Å². The average Bonchev–Trinajstić information content (AvgIpc) is 3.45. The monoisotopic (exact) mass is 629 g/mol. The van der Waals surface area contributed by atoms with Crippen LogP contribution in [0.5, 0.6) is 17.2 Å². The fourth-order valence-corrected chi connectivity index (χ4v) is 5.62. The summed E-state index contributed by atoms with van der Waals surface area (Å²) in [7, 11) is 3.91. The van der Waals surface area contributed by atoms with Gasteiger partial charge in [0.2, 0.25) is 5.91 Å². The van der Waals surface area contributed by atoms with Crippen LogP contribution in [0.2, 0.25) is 5.02 Å². The number of ether oxygens (including phenoxy) is 2. The number of amides is 1. The molecule has 0 saturated carbocycles. The number of carbonyl (C=O) groups excluding carboxylic acids is 1. The number of likely N-dealkylation sites (N-methyl/N-ethyl adjacent to an activating group) is 1. The molecule has 1 fully saturated rings. The number of imidazole rings is 1. The van der Waals surface area contributed by atoms with Crippen molar-refractivity contribution < 1.29 is 18.7 Å². The number of benzene rings is 1. The van der Waals surface area contributed by atoms with E-state index in [1.54, 1.807) is 36.7 Å². The first kappa shape index (κ1) is 28.7. The topological polar surface area (TPSA) is 113 Å². The van der Waals surface area contributed by atoms with Gasteiger partial charge in [-0.15, -0.1) is 0 Å². The Bertz CT molecular complexity index is 1950. The van der Waals surface area contributed by atoms with Crippen LogP contribution >= 0.6 is 11.6 Å². The number of carbonyl (C=O) groups is 1. The number of anilines is 3. The Morgan fingerprint density at radius 2 is 2.09 bits per heavy atom. The van der Waals surface area contributed by atoms with Gasteiger partial charge in [-0.05, 0) is 26.2 Å². The van der Waals surface area contributed by atoms with Gasteiger partial charge in [-0.3, -0.25) is 4.79 Å². The number of hydrogen-bond acceptors (Lipinski definition) is 10. The molecule has 2 aliphatic rings. The summed E-state index contributed by atoms with van der Waals surface area (Å²) in [4.78, 5) is 36.7. The van der Waals surface area contributed by atoms with E-state index in [2.05, 4.69) is 25.2 Å². The van der Waals surface area contributed by atoms with Crippen molar-refractivity contribution in [1.29, 1.82) is 0 Å². The van der Waals surface area contributed by atoms with Crippen molar-refractivity contribution in [3.63, 3.8) is 0 Å². The van der Waals surface area contributed by atoms with E-state index in [-0.39, 0.29) is 28.4 Å². The van der Waals surface area contributed by atoms with Gasteiger partial charge in [0.25, 0.3) is 0 Å². The number of aromatic nitrogens is 5. The number of rotatable bonds is 7. The number of halogens is 2. The lowest BCUT2D eigenvalue weighted by molar-refractivity contribution is -0.129. The number of hydrogen-bond donors (Lipinski definition) is 1. The number of pyridine rings is 2. The quantitative estimate of drug-likeness (QED) is 0.258. The minimum atomic E-state index is -0.593. The Morgan fingerprint density at radius 1 is 1.20 bits per heavy atom.